The van der Waals surface area contributed by atoms with Crippen molar-refractivity contribution in [1.82, 2.24) is 0 Å². The molecule has 1 rings (SSSR count). The maximum absolute atomic E-state index is 13.7. The highest BCUT2D eigenvalue weighted by molar-refractivity contribution is 5.50. The summed E-state index contributed by atoms with van der Waals surface area (Å²) in [6, 6.07) is 3.85. The molecule has 3 nitrogen and oxygen atoms in total. The number of benzene rings is 1. The van der Waals surface area contributed by atoms with E-state index < -0.39 is 18.2 Å². The van der Waals surface area contributed by atoms with Crippen LogP contribution in [0.4, 0.5) is 14.5 Å². The summed E-state index contributed by atoms with van der Waals surface area (Å²) in [7, 11) is 1.53. The lowest BCUT2D eigenvalue weighted by molar-refractivity contribution is 0.280. The van der Waals surface area contributed by atoms with Gasteiger partial charge in [-0.1, -0.05) is 0 Å². The average Bonchev–Trinajstić information content (AvgIpc) is 2.28. The fourth-order valence-electron chi connectivity index (χ4n) is 1.54. The Labute approximate surface area is 98.9 Å². The minimum atomic E-state index is -0.735. The Bertz CT molecular complexity index is 420. The van der Waals surface area contributed by atoms with Gasteiger partial charge in [0.1, 0.15) is 17.3 Å². The first kappa shape index (κ1) is 13.4. The first-order chi connectivity index (χ1) is 8.01. The number of nitriles is 1. The van der Waals surface area contributed by atoms with E-state index >= 15 is 0 Å². The van der Waals surface area contributed by atoms with Crippen LogP contribution >= 0.6 is 0 Å². The van der Waals surface area contributed by atoms with E-state index in [0.29, 0.717) is 0 Å². The second-order valence-electron chi connectivity index (χ2n) is 3.89. The van der Waals surface area contributed by atoms with Gasteiger partial charge < -0.3 is 10.0 Å². The van der Waals surface area contributed by atoms with E-state index in [1.807, 2.05) is 6.07 Å². The van der Waals surface area contributed by atoms with Crippen LogP contribution in [0.5, 0.6) is 0 Å². The lowest BCUT2D eigenvalue weighted by atomic mass is 10.1. The van der Waals surface area contributed by atoms with Crippen LogP contribution in [0, 0.1) is 23.0 Å². The number of halogens is 2. The quantitative estimate of drug-likeness (QED) is 0.877. The SMILES string of the molecule is CC(CC#N)N(C)c1c(F)cc(CO)cc1F. The zero-order valence-electron chi connectivity index (χ0n) is 9.74. The Morgan fingerprint density at radius 3 is 2.35 bits per heavy atom. The minimum Gasteiger partial charge on any atom is -0.392 e. The van der Waals surface area contributed by atoms with Crippen LogP contribution in [0.15, 0.2) is 12.1 Å². The third-order valence-electron chi connectivity index (χ3n) is 2.66. The molecule has 17 heavy (non-hydrogen) atoms. The van der Waals surface area contributed by atoms with E-state index in [-0.39, 0.29) is 23.7 Å². The Morgan fingerprint density at radius 2 is 1.94 bits per heavy atom. The molecule has 1 aromatic carbocycles. The summed E-state index contributed by atoms with van der Waals surface area (Å²) >= 11 is 0. The van der Waals surface area contributed by atoms with E-state index in [1.54, 1.807) is 6.92 Å². The number of aliphatic hydroxyl groups excluding tert-OH is 1. The van der Waals surface area contributed by atoms with Gasteiger partial charge in [-0.3, -0.25) is 0 Å². The molecule has 0 spiro atoms. The van der Waals surface area contributed by atoms with Gasteiger partial charge in [0.15, 0.2) is 0 Å². The van der Waals surface area contributed by atoms with E-state index in [2.05, 4.69) is 0 Å². The van der Waals surface area contributed by atoms with Gasteiger partial charge in [0, 0.05) is 13.1 Å². The van der Waals surface area contributed by atoms with Crippen molar-refractivity contribution in [2.24, 2.45) is 0 Å². The summed E-state index contributed by atoms with van der Waals surface area (Å²) < 4.78 is 27.3. The molecule has 5 heteroatoms. The lowest BCUT2D eigenvalue weighted by Gasteiger charge is -2.26. The van der Waals surface area contributed by atoms with Crippen LogP contribution in [-0.4, -0.2) is 18.2 Å². The van der Waals surface area contributed by atoms with Crippen LogP contribution < -0.4 is 4.90 Å². The molecular weight excluding hydrogens is 226 g/mol. The highest BCUT2D eigenvalue weighted by Gasteiger charge is 2.19. The molecule has 0 bridgehead atoms. The molecule has 0 aliphatic rings. The molecule has 0 saturated heterocycles. The summed E-state index contributed by atoms with van der Waals surface area (Å²) in [6.07, 6.45) is 0.178. The molecule has 0 heterocycles. The summed E-state index contributed by atoms with van der Waals surface area (Å²) in [5.41, 5.74) is 0.00929. The van der Waals surface area contributed by atoms with Gasteiger partial charge in [-0.05, 0) is 24.6 Å². The Hall–Kier alpha value is -1.67. The monoisotopic (exact) mass is 240 g/mol. The first-order valence-corrected chi connectivity index (χ1v) is 5.19. The highest BCUT2D eigenvalue weighted by atomic mass is 19.1. The second kappa shape index (κ2) is 5.60. The van der Waals surface area contributed by atoms with Crippen LogP contribution in [-0.2, 0) is 6.61 Å². The van der Waals surface area contributed by atoms with Crippen molar-refractivity contribution in [2.45, 2.75) is 26.0 Å². The van der Waals surface area contributed by atoms with Crippen molar-refractivity contribution in [2.75, 3.05) is 11.9 Å². The number of hydrogen-bond acceptors (Lipinski definition) is 3. The third-order valence-corrected chi connectivity index (χ3v) is 2.66. The Balaban J connectivity index is 3.10. The van der Waals surface area contributed by atoms with Crippen molar-refractivity contribution < 1.29 is 13.9 Å². The van der Waals surface area contributed by atoms with Crippen LogP contribution in [0.3, 0.4) is 0 Å². The normalized spacial score (nSPS) is 12.0. The van der Waals surface area contributed by atoms with Gasteiger partial charge in [0.25, 0.3) is 0 Å². The van der Waals surface area contributed by atoms with Crippen molar-refractivity contribution in [3.63, 3.8) is 0 Å². The summed E-state index contributed by atoms with van der Waals surface area (Å²) in [6.45, 7) is 1.30. The molecular formula is C12H14F2N2O. The lowest BCUT2D eigenvalue weighted by Crippen LogP contribution is -2.30. The fraction of sp³-hybridized carbons (Fsp3) is 0.417. The Kier molecular flexibility index (Phi) is 4.41. The van der Waals surface area contributed by atoms with Crippen molar-refractivity contribution >= 4 is 5.69 Å². The summed E-state index contributed by atoms with van der Waals surface area (Å²) in [4.78, 5) is 1.38. The smallest absolute Gasteiger partial charge is 0.149 e. The van der Waals surface area contributed by atoms with Crippen LogP contribution in [0.2, 0.25) is 0 Å². The van der Waals surface area contributed by atoms with E-state index in [4.69, 9.17) is 10.4 Å². The largest absolute Gasteiger partial charge is 0.392 e. The fourth-order valence-corrected chi connectivity index (χ4v) is 1.54. The van der Waals surface area contributed by atoms with E-state index in [0.717, 1.165) is 12.1 Å². The predicted octanol–water partition coefficient (Wildman–Crippen LogP) is 2.20. The number of hydrogen-bond donors (Lipinski definition) is 1. The van der Waals surface area contributed by atoms with Gasteiger partial charge in [-0.25, -0.2) is 8.78 Å². The topological polar surface area (TPSA) is 47.3 Å². The van der Waals surface area contributed by atoms with Gasteiger partial charge in [0.2, 0.25) is 0 Å². The minimum absolute atomic E-state index is 0.176. The molecule has 1 atom stereocenters. The molecule has 1 aromatic rings. The Morgan fingerprint density at radius 1 is 1.41 bits per heavy atom. The first-order valence-electron chi connectivity index (χ1n) is 5.19. The highest BCUT2D eigenvalue weighted by Crippen LogP contribution is 2.26. The predicted molar refractivity (Wildman–Crippen MR) is 60.4 cm³/mol. The van der Waals surface area contributed by atoms with Gasteiger partial charge in [0.05, 0.1) is 19.1 Å². The molecule has 0 aromatic heterocycles. The van der Waals surface area contributed by atoms with E-state index in [1.165, 1.54) is 11.9 Å². The van der Waals surface area contributed by atoms with Crippen LogP contribution in [0.25, 0.3) is 0 Å². The zero-order valence-corrected chi connectivity index (χ0v) is 9.74. The molecule has 0 aliphatic heterocycles. The summed E-state index contributed by atoms with van der Waals surface area (Å²) in [5.74, 6) is -1.47. The molecule has 92 valence electrons. The van der Waals surface area contributed by atoms with Crippen LogP contribution in [0.1, 0.15) is 18.9 Å². The van der Waals surface area contributed by atoms with E-state index in [9.17, 15) is 8.78 Å². The number of anilines is 1. The molecule has 0 radical (unpaired) electrons. The number of aliphatic hydroxyl groups is 1. The molecule has 0 aliphatic carbocycles. The average molecular weight is 240 g/mol. The van der Waals surface area contributed by atoms with Gasteiger partial charge in [-0.2, -0.15) is 5.26 Å². The number of rotatable bonds is 4. The van der Waals surface area contributed by atoms with Crippen molar-refractivity contribution in [3.8, 4) is 6.07 Å². The standard InChI is InChI=1S/C12H14F2N2O/c1-8(3-4-15)16(2)12-10(13)5-9(7-17)6-11(12)14/h5-6,8,17H,3,7H2,1-2H3. The van der Waals surface area contributed by atoms with Gasteiger partial charge >= 0.3 is 0 Å². The second-order valence-corrected chi connectivity index (χ2v) is 3.89. The zero-order chi connectivity index (χ0) is 13.0. The molecule has 0 amide bonds. The van der Waals surface area contributed by atoms with Gasteiger partial charge in [-0.15, -0.1) is 0 Å². The molecule has 1 unspecified atom stereocenters. The van der Waals surface area contributed by atoms with Crippen molar-refractivity contribution in [1.29, 1.82) is 5.26 Å². The van der Waals surface area contributed by atoms with Crippen molar-refractivity contribution in [3.05, 3.63) is 29.3 Å². The maximum atomic E-state index is 13.7. The number of nitrogens with zero attached hydrogens (tertiary/aromatic N) is 2. The molecule has 0 saturated carbocycles. The maximum Gasteiger partial charge on any atom is 0.149 e. The molecule has 1 N–H and O–H groups in total. The third kappa shape index (κ3) is 2.92. The molecule has 0 fully saturated rings. The summed E-state index contributed by atoms with van der Waals surface area (Å²) in [5, 5.41) is 17.4.